The van der Waals surface area contributed by atoms with Gasteiger partial charge in [0.25, 0.3) is 0 Å². The summed E-state index contributed by atoms with van der Waals surface area (Å²) in [7, 11) is 0. The fourth-order valence-corrected chi connectivity index (χ4v) is 3.33. The van der Waals surface area contributed by atoms with Crippen LogP contribution >= 0.6 is 15.9 Å². The van der Waals surface area contributed by atoms with Crippen LogP contribution in [0.1, 0.15) is 10.4 Å². The first kappa shape index (κ1) is 22.1. The van der Waals surface area contributed by atoms with Crippen molar-refractivity contribution in [2.45, 2.75) is 0 Å². The van der Waals surface area contributed by atoms with Gasteiger partial charge in [-0.05, 0) is 0 Å². The number of nitrogens with one attached hydrogen (secondary N) is 1. The predicted molar refractivity (Wildman–Crippen MR) is 98.5 cm³/mol. The van der Waals surface area contributed by atoms with E-state index in [1.54, 1.807) is 12.1 Å². The van der Waals surface area contributed by atoms with Crippen molar-refractivity contribution in [2.24, 2.45) is 4.99 Å². The van der Waals surface area contributed by atoms with Gasteiger partial charge in [0.15, 0.2) is 0 Å². The van der Waals surface area contributed by atoms with Crippen molar-refractivity contribution in [1.29, 1.82) is 0 Å². The second-order valence-corrected chi connectivity index (χ2v) is 7.06. The van der Waals surface area contributed by atoms with Crippen LogP contribution in [-0.2, 0) is 16.0 Å². The second kappa shape index (κ2) is 8.63. The SMILES string of the molecule is O=C(C=Nc1c(F)c(F)c(F)c(F)c1F)c1c(Br)c[nH]c(=O)c1-c1cccc[c]1[Cu]. The van der Waals surface area contributed by atoms with Crippen molar-refractivity contribution < 1.29 is 42.8 Å². The molecular formula is C19H7BrCuF5N2O2. The summed E-state index contributed by atoms with van der Waals surface area (Å²) < 4.78 is 67.6. The predicted octanol–water partition coefficient (Wildman–Crippen LogP) is 4.26. The van der Waals surface area contributed by atoms with E-state index in [0.29, 0.717) is 6.21 Å². The van der Waals surface area contributed by atoms with E-state index in [1.807, 2.05) is 0 Å². The first-order valence-electron chi connectivity index (χ1n) is 7.87. The van der Waals surface area contributed by atoms with Gasteiger partial charge in [0, 0.05) is 0 Å². The third kappa shape index (κ3) is 3.88. The van der Waals surface area contributed by atoms with Crippen LogP contribution in [0.4, 0.5) is 27.6 Å². The average Bonchev–Trinajstić information content (AvgIpc) is 2.72. The molecule has 3 rings (SSSR count). The van der Waals surface area contributed by atoms with Gasteiger partial charge in [0.2, 0.25) is 0 Å². The number of halogens is 6. The summed E-state index contributed by atoms with van der Waals surface area (Å²) in [5, 5.41) is 0. The molecule has 1 N–H and O–H groups in total. The molecule has 0 unspecified atom stereocenters. The normalized spacial score (nSPS) is 11.3. The van der Waals surface area contributed by atoms with E-state index in [4.69, 9.17) is 16.0 Å². The molecule has 4 nitrogen and oxygen atoms in total. The minimum atomic E-state index is -2.35. The van der Waals surface area contributed by atoms with E-state index < -0.39 is 46.1 Å². The van der Waals surface area contributed by atoms with Crippen molar-refractivity contribution in [2.75, 3.05) is 0 Å². The van der Waals surface area contributed by atoms with Crippen molar-refractivity contribution >= 4 is 38.1 Å². The van der Waals surface area contributed by atoms with Crippen molar-refractivity contribution in [3.8, 4) is 11.1 Å². The Labute approximate surface area is 181 Å². The van der Waals surface area contributed by atoms with Crippen molar-refractivity contribution in [3.05, 3.63) is 79.9 Å². The van der Waals surface area contributed by atoms with Crippen LogP contribution in [0.5, 0.6) is 0 Å². The first-order chi connectivity index (χ1) is 14.1. The number of aromatic nitrogens is 1. The van der Waals surface area contributed by atoms with Crippen LogP contribution < -0.4 is 10.0 Å². The molecule has 0 spiro atoms. The van der Waals surface area contributed by atoms with Gasteiger partial charge < -0.3 is 0 Å². The van der Waals surface area contributed by atoms with Crippen LogP contribution in [-0.4, -0.2) is 17.0 Å². The average molecular weight is 534 g/mol. The standard InChI is InChI=1S/C19H7BrF5N2O2.Cu/c20-9-6-27-19(29)11(8-4-2-1-3-5-8)12(9)10(28)7-26-18-16(24)14(22)13(21)15(23)17(18)25;/h1-4,6-7H,(H,27,29);. The maximum absolute atomic E-state index is 13.8. The fourth-order valence-electron chi connectivity index (χ4n) is 2.54. The van der Waals surface area contributed by atoms with Gasteiger partial charge in [0.05, 0.1) is 0 Å². The third-order valence-corrected chi connectivity index (χ3v) is 4.94. The summed E-state index contributed by atoms with van der Waals surface area (Å²) in [5.74, 6) is -12.2. The van der Waals surface area contributed by atoms with Gasteiger partial charge in [0.1, 0.15) is 0 Å². The van der Waals surface area contributed by atoms with Crippen LogP contribution in [0.25, 0.3) is 11.1 Å². The molecule has 0 radical (unpaired) electrons. The minimum absolute atomic E-state index is 0.0849. The summed E-state index contributed by atoms with van der Waals surface area (Å²) in [5.41, 5.74) is -2.43. The van der Waals surface area contributed by atoms with E-state index in [9.17, 15) is 31.5 Å². The molecule has 0 aliphatic heterocycles. The van der Waals surface area contributed by atoms with Gasteiger partial charge in [-0.3, -0.25) is 0 Å². The Hall–Kier alpha value is -2.62. The Bertz CT molecular complexity index is 1250. The van der Waals surface area contributed by atoms with Crippen LogP contribution in [0.15, 0.2) is 44.7 Å². The van der Waals surface area contributed by atoms with Crippen LogP contribution in [0.2, 0.25) is 0 Å². The van der Waals surface area contributed by atoms with Gasteiger partial charge in [-0.15, -0.1) is 0 Å². The Balaban J connectivity index is 2.16. The zero-order chi connectivity index (χ0) is 22.2. The summed E-state index contributed by atoms with van der Waals surface area (Å²) in [4.78, 5) is 30.6. The number of H-pyrrole nitrogens is 1. The molecule has 11 heteroatoms. The van der Waals surface area contributed by atoms with Crippen molar-refractivity contribution in [3.63, 3.8) is 0 Å². The summed E-state index contributed by atoms with van der Waals surface area (Å²) in [6, 6.07) is 6.16. The number of aliphatic imine (C=N–C) groups is 1. The number of aromatic amines is 1. The molecule has 0 aliphatic rings. The molecule has 0 aliphatic carbocycles. The third-order valence-electron chi connectivity index (χ3n) is 3.90. The number of benzene rings is 2. The van der Waals surface area contributed by atoms with Crippen LogP contribution in [0, 0.1) is 29.1 Å². The van der Waals surface area contributed by atoms with Gasteiger partial charge in [-0.1, -0.05) is 0 Å². The van der Waals surface area contributed by atoms with Gasteiger partial charge >= 0.3 is 182 Å². The van der Waals surface area contributed by atoms with E-state index in [-0.39, 0.29) is 25.6 Å². The molecule has 0 bridgehead atoms. The Kier molecular flexibility index (Phi) is 6.35. The van der Waals surface area contributed by atoms with Crippen LogP contribution in [0.3, 0.4) is 0 Å². The van der Waals surface area contributed by atoms with E-state index in [2.05, 4.69) is 25.9 Å². The fraction of sp³-hybridized carbons (Fsp3) is 0. The molecule has 0 saturated carbocycles. The number of pyridine rings is 1. The summed E-state index contributed by atoms with van der Waals surface area (Å²) in [6.07, 6.45) is 1.50. The molecule has 30 heavy (non-hydrogen) atoms. The van der Waals surface area contributed by atoms with Gasteiger partial charge in [-0.25, -0.2) is 0 Å². The molecule has 1 aromatic heterocycles. The number of hydrogen-bond donors (Lipinski definition) is 1. The topological polar surface area (TPSA) is 62.3 Å². The molecule has 0 saturated heterocycles. The van der Waals surface area contributed by atoms with E-state index in [0.717, 1.165) is 6.20 Å². The molecular weight excluding hydrogens is 527 g/mol. The molecule has 1 heterocycles. The molecule has 3 aromatic rings. The number of ketones is 1. The number of rotatable bonds is 4. The van der Waals surface area contributed by atoms with Gasteiger partial charge in [-0.2, -0.15) is 0 Å². The zero-order valence-electron chi connectivity index (χ0n) is 14.3. The maximum atomic E-state index is 13.8. The number of carbonyl (C=O) groups is 1. The van der Waals surface area contributed by atoms with E-state index >= 15 is 0 Å². The first-order valence-corrected chi connectivity index (χ1v) is 9.13. The Morgan fingerprint density at radius 1 is 1.00 bits per heavy atom. The monoisotopic (exact) mass is 532 g/mol. The number of nitrogens with zero attached hydrogens (tertiary/aromatic N) is 1. The molecule has 0 atom stereocenters. The second-order valence-electron chi connectivity index (χ2n) is 5.70. The van der Waals surface area contributed by atoms with E-state index in [1.165, 1.54) is 12.1 Å². The number of carbonyl (C=O) groups excluding carboxylic acids is 1. The quantitative estimate of drug-likeness (QED) is 0.136. The summed E-state index contributed by atoms with van der Waals surface area (Å²) >= 11 is 8.43. The number of Topliss-reactive ketones (excluding diaryl/α,β-unsaturated/α-hetero) is 1. The summed E-state index contributed by atoms with van der Waals surface area (Å²) in [6.45, 7) is 0. The van der Waals surface area contributed by atoms with Crippen molar-refractivity contribution in [1.82, 2.24) is 4.98 Å². The number of hydrogen-bond acceptors (Lipinski definition) is 3. The molecule has 0 amide bonds. The Morgan fingerprint density at radius 2 is 1.57 bits per heavy atom. The molecule has 2 aromatic carbocycles. The molecule has 0 fully saturated rings. The Morgan fingerprint density at radius 3 is 2.17 bits per heavy atom. The zero-order valence-corrected chi connectivity index (χ0v) is 16.8. The molecule has 158 valence electrons.